The lowest BCUT2D eigenvalue weighted by molar-refractivity contribution is -0.704. The molecule has 0 spiro atoms. The van der Waals surface area contributed by atoms with Gasteiger partial charge in [0.15, 0.2) is 0 Å². The van der Waals surface area contributed by atoms with Crippen LogP contribution in [0.5, 0.6) is 0 Å². The van der Waals surface area contributed by atoms with Crippen molar-refractivity contribution in [1.29, 1.82) is 0 Å². The zero-order valence-corrected chi connectivity index (χ0v) is 16.4. The normalized spacial score (nSPS) is 12.0. The highest BCUT2D eigenvalue weighted by Gasteiger charge is 2.30. The molecule has 0 aliphatic heterocycles. The summed E-state index contributed by atoms with van der Waals surface area (Å²) in [7, 11) is 0. The summed E-state index contributed by atoms with van der Waals surface area (Å²) in [4.78, 5) is 24.9. The lowest BCUT2D eigenvalue weighted by Crippen LogP contribution is -2.37. The molecule has 1 heterocycles. The summed E-state index contributed by atoms with van der Waals surface area (Å²) in [5, 5.41) is 5.86. The smallest absolute Gasteiger partial charge is 0.325 e. The van der Waals surface area contributed by atoms with Crippen molar-refractivity contribution in [1.82, 2.24) is 5.27 Å². The van der Waals surface area contributed by atoms with Crippen molar-refractivity contribution in [3.63, 3.8) is 0 Å². The van der Waals surface area contributed by atoms with E-state index in [0.717, 1.165) is 23.0 Å². The first-order valence-corrected chi connectivity index (χ1v) is 9.68. The first kappa shape index (κ1) is 19.3. The molecule has 2 aromatic carbocycles. The van der Waals surface area contributed by atoms with Gasteiger partial charge in [-0.2, -0.15) is 0 Å². The number of rotatable bonds is 6. The van der Waals surface area contributed by atoms with E-state index >= 15 is 0 Å². The van der Waals surface area contributed by atoms with Crippen LogP contribution in [0.1, 0.15) is 18.9 Å². The van der Waals surface area contributed by atoms with Gasteiger partial charge in [-0.15, -0.1) is 0 Å². The van der Waals surface area contributed by atoms with Gasteiger partial charge in [0.2, 0.25) is 11.6 Å². The van der Waals surface area contributed by atoms with E-state index in [4.69, 9.17) is 16.1 Å². The highest BCUT2D eigenvalue weighted by Crippen LogP contribution is 2.25. The van der Waals surface area contributed by atoms with Crippen LogP contribution in [0.3, 0.4) is 0 Å². The van der Waals surface area contributed by atoms with Crippen LogP contribution >= 0.6 is 23.4 Å². The summed E-state index contributed by atoms with van der Waals surface area (Å²) >= 11 is 7.18. The summed E-state index contributed by atoms with van der Waals surface area (Å²) in [6.45, 7) is 3.79. The van der Waals surface area contributed by atoms with E-state index in [1.807, 2.05) is 50.2 Å². The minimum absolute atomic E-state index is 0.201. The van der Waals surface area contributed by atoms with Crippen LogP contribution in [0.4, 0.5) is 5.69 Å². The number of amides is 1. The van der Waals surface area contributed by atoms with Crippen LogP contribution in [0, 0.1) is 6.92 Å². The van der Waals surface area contributed by atoms with Gasteiger partial charge in [-0.25, -0.2) is 4.79 Å². The molecule has 8 heteroatoms. The minimum atomic E-state index is -0.519. The molecule has 0 radical (unpaired) electrons. The number of H-pyrrole nitrogens is 1. The number of aryl methyl sites for hydroxylation is 1. The number of para-hydroxylation sites is 1. The lowest BCUT2D eigenvalue weighted by Gasteiger charge is -2.14. The predicted molar refractivity (Wildman–Crippen MR) is 106 cm³/mol. The van der Waals surface area contributed by atoms with Gasteiger partial charge < -0.3 is 5.32 Å². The molecule has 0 aliphatic rings. The fourth-order valence-corrected chi connectivity index (χ4v) is 3.67. The zero-order valence-electron chi connectivity index (χ0n) is 14.9. The average molecular weight is 405 g/mol. The highest BCUT2D eigenvalue weighted by molar-refractivity contribution is 8.00. The molecule has 3 rings (SSSR count). The quantitative estimate of drug-likeness (QED) is 0.484. The van der Waals surface area contributed by atoms with Crippen molar-refractivity contribution in [3.05, 3.63) is 69.5 Å². The van der Waals surface area contributed by atoms with E-state index in [9.17, 15) is 9.59 Å². The SMILES string of the molecule is CCC(Sc1c(=O)o[nH][n+]1-c1ccccc1)C(=O)Nc1cc(Cl)ccc1C. The first-order chi connectivity index (χ1) is 13.0. The number of nitrogens with zero attached hydrogens (tertiary/aromatic N) is 1. The third kappa shape index (κ3) is 4.43. The number of anilines is 1. The molecule has 0 bridgehead atoms. The number of hydrogen-bond acceptors (Lipinski definition) is 4. The molecular formula is C19H19ClN3O3S+. The maximum atomic E-state index is 12.8. The summed E-state index contributed by atoms with van der Waals surface area (Å²) in [5.41, 5.74) is 1.79. The van der Waals surface area contributed by atoms with E-state index in [1.165, 1.54) is 4.68 Å². The van der Waals surface area contributed by atoms with Crippen LogP contribution < -0.4 is 15.6 Å². The van der Waals surface area contributed by atoms with Gasteiger partial charge in [-0.3, -0.25) is 9.32 Å². The standard InChI is InChI=1S/C19H18ClN3O3S/c1-3-16(17(24)21-15-11-13(20)10-9-12(15)2)27-18-19(25)26-22-23(18)14-7-5-4-6-8-14/h4-11,16H,3H2,1-2H3,(H-,21,22,24,25)/p+1. The molecule has 1 aromatic heterocycles. The number of hydrogen-bond donors (Lipinski definition) is 2. The molecule has 27 heavy (non-hydrogen) atoms. The Hall–Kier alpha value is -2.51. The van der Waals surface area contributed by atoms with Gasteiger partial charge in [0.1, 0.15) is 0 Å². The predicted octanol–water partition coefficient (Wildman–Crippen LogP) is 3.72. The van der Waals surface area contributed by atoms with Crippen molar-refractivity contribution >= 4 is 35.0 Å². The number of nitrogens with one attached hydrogen (secondary N) is 2. The van der Waals surface area contributed by atoms with E-state index < -0.39 is 10.9 Å². The second-order valence-electron chi connectivity index (χ2n) is 5.92. The fourth-order valence-electron chi connectivity index (χ4n) is 2.51. The molecule has 140 valence electrons. The molecule has 0 saturated carbocycles. The molecular weight excluding hydrogens is 386 g/mol. The van der Waals surface area contributed by atoms with Gasteiger partial charge in [0.25, 0.3) is 0 Å². The largest absolute Gasteiger partial charge is 0.442 e. The van der Waals surface area contributed by atoms with Gasteiger partial charge in [0.05, 0.1) is 5.25 Å². The maximum Gasteiger partial charge on any atom is 0.442 e. The van der Waals surface area contributed by atoms with E-state index in [0.29, 0.717) is 22.2 Å². The third-order valence-corrected chi connectivity index (χ3v) is 5.64. The van der Waals surface area contributed by atoms with E-state index in [2.05, 4.69) is 10.6 Å². The Labute approximate surface area is 165 Å². The van der Waals surface area contributed by atoms with Crippen molar-refractivity contribution in [3.8, 4) is 5.69 Å². The molecule has 0 fully saturated rings. The maximum absolute atomic E-state index is 12.8. The molecule has 3 aromatic rings. The Morgan fingerprint density at radius 1 is 1.30 bits per heavy atom. The lowest BCUT2D eigenvalue weighted by atomic mass is 10.2. The molecule has 0 aliphatic carbocycles. The Morgan fingerprint density at radius 3 is 2.74 bits per heavy atom. The number of aromatic amines is 1. The van der Waals surface area contributed by atoms with Gasteiger partial charge in [-0.05, 0) is 52.8 Å². The molecule has 6 nitrogen and oxygen atoms in total. The van der Waals surface area contributed by atoms with Crippen LogP contribution in [0.2, 0.25) is 5.02 Å². The number of benzene rings is 2. The fraction of sp³-hybridized carbons (Fsp3) is 0.211. The Kier molecular flexibility index (Phi) is 6.03. The van der Waals surface area contributed by atoms with Crippen molar-refractivity contribution in [2.24, 2.45) is 0 Å². The molecule has 1 unspecified atom stereocenters. The summed E-state index contributed by atoms with van der Waals surface area (Å²) in [5.74, 6) is -0.201. The number of carbonyl (C=O) groups excluding carboxylic acids is 1. The van der Waals surface area contributed by atoms with Crippen LogP contribution in [0.25, 0.3) is 5.69 Å². The Bertz CT molecular complexity index is 1000. The van der Waals surface area contributed by atoms with Crippen LogP contribution in [-0.4, -0.2) is 16.4 Å². The monoisotopic (exact) mass is 404 g/mol. The van der Waals surface area contributed by atoms with Crippen LogP contribution in [0.15, 0.2) is 62.9 Å². The van der Waals surface area contributed by atoms with Crippen LogP contribution in [-0.2, 0) is 4.79 Å². The Morgan fingerprint density at radius 2 is 2.04 bits per heavy atom. The van der Waals surface area contributed by atoms with Crippen molar-refractivity contribution < 1.29 is 14.0 Å². The van der Waals surface area contributed by atoms with E-state index in [1.54, 1.807) is 12.1 Å². The number of halogens is 1. The van der Waals surface area contributed by atoms with E-state index in [-0.39, 0.29) is 5.91 Å². The van der Waals surface area contributed by atoms with Gasteiger partial charge in [-0.1, -0.05) is 42.8 Å². The minimum Gasteiger partial charge on any atom is -0.325 e. The molecule has 1 atom stereocenters. The first-order valence-electron chi connectivity index (χ1n) is 8.42. The van der Waals surface area contributed by atoms with Crippen molar-refractivity contribution in [2.75, 3.05) is 5.32 Å². The summed E-state index contributed by atoms with van der Waals surface area (Å²) in [6.07, 6.45) is 0.537. The zero-order chi connectivity index (χ0) is 19.4. The second kappa shape index (κ2) is 8.45. The summed E-state index contributed by atoms with van der Waals surface area (Å²) in [6, 6.07) is 14.6. The van der Waals surface area contributed by atoms with Crippen molar-refractivity contribution in [2.45, 2.75) is 30.5 Å². The van der Waals surface area contributed by atoms with Gasteiger partial charge in [0, 0.05) is 22.8 Å². The molecule has 1 amide bonds. The second-order valence-corrected chi connectivity index (χ2v) is 7.55. The van der Waals surface area contributed by atoms with Gasteiger partial charge >= 0.3 is 10.7 Å². The number of carbonyl (C=O) groups is 1. The summed E-state index contributed by atoms with van der Waals surface area (Å²) < 4.78 is 6.48. The Balaban J connectivity index is 1.83. The number of thioether (sulfide) groups is 1. The third-order valence-electron chi connectivity index (χ3n) is 4.00. The molecule has 0 saturated heterocycles. The average Bonchev–Trinajstić information content (AvgIpc) is 3.03. The number of aromatic nitrogens is 2. The topological polar surface area (TPSA) is 79.0 Å². The molecule has 2 N–H and O–H groups in total. The highest BCUT2D eigenvalue weighted by atomic mass is 35.5.